The Hall–Kier alpha value is -0.120. The van der Waals surface area contributed by atoms with E-state index in [4.69, 9.17) is 5.84 Å². The Morgan fingerprint density at radius 1 is 1.30 bits per heavy atom. The standard InChI is InChI=1S/C5H11N.C2H8N2/c1-2-4-6-5-3-1;1-2-4-3/h6H,1-5H2;4H,2-3H2,1H3. The minimum absolute atomic E-state index is 0.847. The van der Waals surface area contributed by atoms with Gasteiger partial charge in [-0.3, -0.25) is 11.3 Å². The number of nitrogens with two attached hydrogens (primary N) is 1. The SMILES string of the molecule is C1CCNCC1.CCNN. The van der Waals surface area contributed by atoms with E-state index in [1.54, 1.807) is 0 Å². The van der Waals surface area contributed by atoms with Gasteiger partial charge in [-0.15, -0.1) is 0 Å². The minimum atomic E-state index is 0.847. The molecule has 4 N–H and O–H groups in total. The second kappa shape index (κ2) is 8.88. The summed E-state index contributed by atoms with van der Waals surface area (Å²) in [4.78, 5) is 0. The van der Waals surface area contributed by atoms with Crippen LogP contribution in [0.4, 0.5) is 0 Å². The zero-order valence-electron chi connectivity index (χ0n) is 6.82. The Balaban J connectivity index is 0.000000180. The van der Waals surface area contributed by atoms with Crippen LogP contribution in [0.3, 0.4) is 0 Å². The summed E-state index contributed by atoms with van der Waals surface area (Å²) in [6, 6.07) is 0. The highest BCUT2D eigenvalue weighted by atomic mass is 15.2. The van der Waals surface area contributed by atoms with E-state index in [9.17, 15) is 0 Å². The molecule has 62 valence electrons. The van der Waals surface area contributed by atoms with Crippen LogP contribution in [-0.4, -0.2) is 19.6 Å². The summed E-state index contributed by atoms with van der Waals surface area (Å²) in [7, 11) is 0. The fraction of sp³-hybridized carbons (Fsp3) is 1.00. The molecule has 0 atom stereocenters. The van der Waals surface area contributed by atoms with Crippen molar-refractivity contribution < 1.29 is 0 Å². The molecule has 0 bridgehead atoms. The molecule has 0 saturated carbocycles. The fourth-order valence-corrected chi connectivity index (χ4v) is 0.802. The molecule has 10 heavy (non-hydrogen) atoms. The molecule has 3 heteroatoms. The Labute approximate surface area is 63.3 Å². The van der Waals surface area contributed by atoms with Crippen LogP contribution < -0.4 is 16.6 Å². The molecule has 0 radical (unpaired) electrons. The lowest BCUT2D eigenvalue weighted by atomic mass is 10.2. The summed E-state index contributed by atoms with van der Waals surface area (Å²) in [5.74, 6) is 4.78. The van der Waals surface area contributed by atoms with Gasteiger partial charge in [0.2, 0.25) is 0 Å². The Kier molecular flexibility index (Phi) is 8.77. The topological polar surface area (TPSA) is 50.1 Å². The van der Waals surface area contributed by atoms with Crippen molar-refractivity contribution in [1.82, 2.24) is 10.7 Å². The first-order chi connectivity index (χ1) is 4.91. The quantitative estimate of drug-likeness (QED) is 0.366. The zero-order chi connectivity index (χ0) is 7.66. The van der Waals surface area contributed by atoms with Crippen LogP contribution in [0, 0.1) is 0 Å². The van der Waals surface area contributed by atoms with E-state index in [1.807, 2.05) is 6.92 Å². The highest BCUT2D eigenvalue weighted by molar-refractivity contribution is 4.55. The van der Waals surface area contributed by atoms with Gasteiger partial charge in [0.25, 0.3) is 0 Å². The number of rotatable bonds is 1. The molecular formula is C7H19N3. The third-order valence-electron chi connectivity index (χ3n) is 1.41. The van der Waals surface area contributed by atoms with Gasteiger partial charge < -0.3 is 5.32 Å². The maximum absolute atomic E-state index is 4.78. The highest BCUT2D eigenvalue weighted by Crippen LogP contribution is 1.96. The number of nitrogens with one attached hydrogen (secondary N) is 2. The summed E-state index contributed by atoms with van der Waals surface area (Å²) < 4.78 is 0. The molecule has 0 aromatic heterocycles. The average Bonchev–Trinajstić information content (AvgIpc) is 2.08. The molecule has 0 unspecified atom stereocenters. The Morgan fingerprint density at radius 2 is 1.80 bits per heavy atom. The van der Waals surface area contributed by atoms with E-state index in [2.05, 4.69) is 10.7 Å². The third kappa shape index (κ3) is 7.88. The lowest BCUT2D eigenvalue weighted by Crippen LogP contribution is -2.21. The molecule has 1 aliphatic rings. The summed E-state index contributed by atoms with van der Waals surface area (Å²) in [5, 5.41) is 3.28. The van der Waals surface area contributed by atoms with Gasteiger partial charge in [0.05, 0.1) is 0 Å². The number of hydrazine groups is 1. The summed E-state index contributed by atoms with van der Waals surface area (Å²) >= 11 is 0. The van der Waals surface area contributed by atoms with Gasteiger partial charge in [-0.1, -0.05) is 13.3 Å². The number of hydrogen-bond donors (Lipinski definition) is 3. The van der Waals surface area contributed by atoms with Crippen molar-refractivity contribution in [3.63, 3.8) is 0 Å². The normalized spacial score (nSPS) is 17.4. The van der Waals surface area contributed by atoms with Crippen LogP contribution in [0.5, 0.6) is 0 Å². The lowest BCUT2D eigenvalue weighted by molar-refractivity contribution is 0.520. The third-order valence-corrected chi connectivity index (χ3v) is 1.41. The minimum Gasteiger partial charge on any atom is -0.317 e. The van der Waals surface area contributed by atoms with Crippen molar-refractivity contribution >= 4 is 0 Å². The Morgan fingerprint density at radius 3 is 1.90 bits per heavy atom. The summed E-state index contributed by atoms with van der Waals surface area (Å²) in [6.07, 6.45) is 4.22. The molecule has 1 saturated heterocycles. The highest BCUT2D eigenvalue weighted by Gasteiger charge is 1.93. The van der Waals surface area contributed by atoms with Gasteiger partial charge in [0, 0.05) is 6.54 Å². The predicted octanol–water partition coefficient (Wildman–Crippen LogP) is 0.230. The molecule has 1 aliphatic heterocycles. The summed E-state index contributed by atoms with van der Waals surface area (Å²) in [5.41, 5.74) is 2.43. The molecule has 0 aromatic carbocycles. The van der Waals surface area contributed by atoms with Gasteiger partial charge in [-0.05, 0) is 25.9 Å². The fourth-order valence-electron chi connectivity index (χ4n) is 0.802. The molecule has 3 nitrogen and oxygen atoms in total. The monoisotopic (exact) mass is 145 g/mol. The van der Waals surface area contributed by atoms with Crippen LogP contribution >= 0.6 is 0 Å². The first kappa shape index (κ1) is 9.88. The number of piperidine rings is 1. The molecule has 1 fully saturated rings. The van der Waals surface area contributed by atoms with Gasteiger partial charge in [0.1, 0.15) is 0 Å². The molecule has 0 spiro atoms. The van der Waals surface area contributed by atoms with Crippen molar-refractivity contribution in [3.8, 4) is 0 Å². The smallest absolute Gasteiger partial charge is 0.00689 e. The maximum atomic E-state index is 4.78. The van der Waals surface area contributed by atoms with Crippen LogP contribution in [0.25, 0.3) is 0 Å². The van der Waals surface area contributed by atoms with E-state index in [0.29, 0.717) is 0 Å². The van der Waals surface area contributed by atoms with Crippen LogP contribution in [0.1, 0.15) is 26.2 Å². The van der Waals surface area contributed by atoms with E-state index in [0.717, 1.165) is 6.54 Å². The van der Waals surface area contributed by atoms with Crippen molar-refractivity contribution in [1.29, 1.82) is 0 Å². The first-order valence-electron chi connectivity index (χ1n) is 4.06. The van der Waals surface area contributed by atoms with Gasteiger partial charge in [-0.25, -0.2) is 0 Å². The summed E-state index contributed by atoms with van der Waals surface area (Å²) in [6.45, 7) is 5.29. The average molecular weight is 145 g/mol. The number of hydrogen-bond acceptors (Lipinski definition) is 3. The van der Waals surface area contributed by atoms with Crippen LogP contribution in [0.15, 0.2) is 0 Å². The van der Waals surface area contributed by atoms with Crippen molar-refractivity contribution in [2.24, 2.45) is 5.84 Å². The second-order valence-electron chi connectivity index (χ2n) is 2.37. The molecule has 1 heterocycles. The van der Waals surface area contributed by atoms with Crippen LogP contribution in [-0.2, 0) is 0 Å². The first-order valence-corrected chi connectivity index (χ1v) is 4.06. The van der Waals surface area contributed by atoms with Crippen molar-refractivity contribution in [2.75, 3.05) is 19.6 Å². The van der Waals surface area contributed by atoms with E-state index < -0.39 is 0 Å². The van der Waals surface area contributed by atoms with Gasteiger partial charge in [-0.2, -0.15) is 0 Å². The molecule has 1 rings (SSSR count). The van der Waals surface area contributed by atoms with Gasteiger partial charge >= 0.3 is 0 Å². The Bertz CT molecular complexity index is 39.3. The van der Waals surface area contributed by atoms with E-state index in [-0.39, 0.29) is 0 Å². The van der Waals surface area contributed by atoms with Crippen LogP contribution in [0.2, 0.25) is 0 Å². The van der Waals surface area contributed by atoms with Gasteiger partial charge in [0.15, 0.2) is 0 Å². The largest absolute Gasteiger partial charge is 0.317 e. The predicted molar refractivity (Wildman–Crippen MR) is 44.6 cm³/mol. The zero-order valence-corrected chi connectivity index (χ0v) is 6.82. The van der Waals surface area contributed by atoms with E-state index >= 15 is 0 Å². The van der Waals surface area contributed by atoms with E-state index in [1.165, 1.54) is 32.4 Å². The maximum Gasteiger partial charge on any atom is 0.00689 e. The molecule has 0 aromatic rings. The van der Waals surface area contributed by atoms with Crippen molar-refractivity contribution in [3.05, 3.63) is 0 Å². The lowest BCUT2D eigenvalue weighted by Gasteiger charge is -2.08. The van der Waals surface area contributed by atoms with Crippen molar-refractivity contribution in [2.45, 2.75) is 26.2 Å². The molecular weight excluding hydrogens is 126 g/mol. The molecule has 0 aliphatic carbocycles. The second-order valence-corrected chi connectivity index (χ2v) is 2.37. The molecule has 0 amide bonds.